The maximum atomic E-state index is 5.79. The predicted molar refractivity (Wildman–Crippen MR) is 111 cm³/mol. The van der Waals surface area contributed by atoms with Crippen LogP contribution < -0.4 is 9.80 Å². The molecule has 2 aromatic carbocycles. The summed E-state index contributed by atoms with van der Waals surface area (Å²) in [6, 6.07) is 13.7. The van der Waals surface area contributed by atoms with Gasteiger partial charge in [0, 0.05) is 50.0 Å². The Morgan fingerprint density at radius 2 is 1.96 bits per heavy atom. The second-order valence-corrected chi connectivity index (χ2v) is 7.72. The summed E-state index contributed by atoms with van der Waals surface area (Å²) in [7, 11) is 6.07. The lowest BCUT2D eigenvalue weighted by Gasteiger charge is -2.30. The van der Waals surface area contributed by atoms with E-state index in [4.69, 9.17) is 4.42 Å². The molecule has 1 aliphatic heterocycles. The molecule has 0 radical (unpaired) electrons. The molecule has 0 saturated heterocycles. The fraction of sp³-hybridized carbons (Fsp3) is 0.318. The van der Waals surface area contributed by atoms with Crippen LogP contribution in [0.15, 0.2) is 40.8 Å². The van der Waals surface area contributed by atoms with E-state index >= 15 is 0 Å². The van der Waals surface area contributed by atoms with Gasteiger partial charge in [-0.2, -0.15) is 4.98 Å². The maximum absolute atomic E-state index is 5.79. The summed E-state index contributed by atoms with van der Waals surface area (Å²) in [5.74, 6) is 0. The van der Waals surface area contributed by atoms with Crippen LogP contribution >= 0.6 is 0 Å². The zero-order valence-electron chi connectivity index (χ0n) is 16.3. The van der Waals surface area contributed by atoms with Gasteiger partial charge in [-0.3, -0.25) is 0 Å². The zero-order chi connectivity index (χ0) is 18.7. The van der Waals surface area contributed by atoms with Crippen LogP contribution in [0, 0.1) is 6.92 Å². The molecular weight excluding hydrogens is 336 g/mol. The van der Waals surface area contributed by atoms with Crippen molar-refractivity contribution in [2.24, 2.45) is 7.05 Å². The number of aromatic nitrogens is 2. The van der Waals surface area contributed by atoms with Crippen molar-refractivity contribution in [3.63, 3.8) is 0 Å². The molecule has 0 saturated carbocycles. The van der Waals surface area contributed by atoms with Gasteiger partial charge in [-0.05, 0) is 49.2 Å². The van der Waals surface area contributed by atoms with E-state index in [1.54, 1.807) is 0 Å². The lowest BCUT2D eigenvalue weighted by molar-refractivity contribution is 0.596. The monoisotopic (exact) mass is 360 g/mol. The molecule has 5 rings (SSSR count). The average Bonchev–Trinajstić information content (AvgIpc) is 3.21. The average molecular weight is 360 g/mol. The molecule has 0 unspecified atom stereocenters. The number of hydrogen-bond acceptors (Lipinski definition) is 4. The minimum Gasteiger partial charge on any atom is -0.423 e. The molecule has 0 N–H and O–H groups in total. The van der Waals surface area contributed by atoms with Gasteiger partial charge < -0.3 is 18.8 Å². The molecule has 2 aromatic heterocycles. The third kappa shape index (κ3) is 2.49. The number of nitrogens with zero attached hydrogens (tertiary/aromatic N) is 4. The molecule has 0 aliphatic carbocycles. The first-order chi connectivity index (χ1) is 13.0. The van der Waals surface area contributed by atoms with E-state index in [9.17, 15) is 0 Å². The molecule has 0 amide bonds. The van der Waals surface area contributed by atoms with E-state index in [1.807, 2.05) is 25.1 Å². The van der Waals surface area contributed by atoms with E-state index in [0.717, 1.165) is 30.6 Å². The van der Waals surface area contributed by atoms with E-state index in [-0.39, 0.29) is 0 Å². The fourth-order valence-corrected chi connectivity index (χ4v) is 4.19. The number of oxazole rings is 1. The number of hydrogen-bond donors (Lipinski definition) is 0. The molecule has 4 aromatic rings. The van der Waals surface area contributed by atoms with Crippen molar-refractivity contribution in [3.8, 4) is 0 Å². The molecule has 0 fully saturated rings. The van der Waals surface area contributed by atoms with Crippen LogP contribution in [0.25, 0.3) is 22.0 Å². The quantitative estimate of drug-likeness (QED) is 0.535. The van der Waals surface area contributed by atoms with Crippen LogP contribution in [0.3, 0.4) is 0 Å². The van der Waals surface area contributed by atoms with E-state index in [1.165, 1.54) is 33.4 Å². The van der Waals surface area contributed by atoms with Gasteiger partial charge in [-0.1, -0.05) is 11.6 Å². The molecule has 138 valence electrons. The Hall–Kier alpha value is -2.95. The highest BCUT2D eigenvalue weighted by atomic mass is 16.4. The van der Waals surface area contributed by atoms with Crippen molar-refractivity contribution in [2.75, 3.05) is 30.4 Å². The normalized spacial score (nSPS) is 14.1. The topological polar surface area (TPSA) is 37.4 Å². The second-order valence-electron chi connectivity index (χ2n) is 7.72. The van der Waals surface area contributed by atoms with E-state index in [0.29, 0.717) is 6.01 Å². The summed E-state index contributed by atoms with van der Waals surface area (Å²) in [4.78, 5) is 8.94. The van der Waals surface area contributed by atoms with Crippen molar-refractivity contribution in [1.29, 1.82) is 0 Å². The second kappa shape index (κ2) is 5.78. The number of fused-ring (bicyclic) bond motifs is 4. The van der Waals surface area contributed by atoms with E-state index < -0.39 is 0 Å². The van der Waals surface area contributed by atoms with Crippen LogP contribution in [0.4, 0.5) is 11.7 Å². The molecule has 5 heteroatoms. The first kappa shape index (κ1) is 16.2. The van der Waals surface area contributed by atoms with Crippen molar-refractivity contribution >= 4 is 33.7 Å². The first-order valence-corrected chi connectivity index (χ1v) is 9.41. The van der Waals surface area contributed by atoms with Gasteiger partial charge in [0.2, 0.25) is 0 Å². The highest BCUT2D eigenvalue weighted by Gasteiger charge is 2.23. The SMILES string of the molecule is Cc1ccc2c(c1)c1c(n2C)CN(c2ccc3oc(N(C)C)nc3c2)CC1. The summed E-state index contributed by atoms with van der Waals surface area (Å²) < 4.78 is 8.15. The van der Waals surface area contributed by atoms with Gasteiger partial charge in [0.15, 0.2) is 5.58 Å². The highest BCUT2D eigenvalue weighted by molar-refractivity contribution is 5.87. The number of rotatable bonds is 2. The Balaban J connectivity index is 1.53. The Morgan fingerprint density at radius 1 is 1.11 bits per heavy atom. The standard InChI is InChI=1S/C22H24N4O/c1-14-5-7-19-17(11-14)16-9-10-26(13-20(16)25(19)4)15-6-8-21-18(12-15)23-22(27-21)24(2)3/h5-8,11-12H,9-10,13H2,1-4H3. The van der Waals surface area contributed by atoms with Crippen LogP contribution in [0.1, 0.15) is 16.8 Å². The van der Waals surface area contributed by atoms with Crippen LogP contribution in [-0.4, -0.2) is 30.2 Å². The highest BCUT2D eigenvalue weighted by Crippen LogP contribution is 2.33. The van der Waals surface area contributed by atoms with Crippen LogP contribution in [-0.2, 0) is 20.0 Å². The minimum atomic E-state index is 0.645. The van der Waals surface area contributed by atoms with Gasteiger partial charge in [0.1, 0.15) is 5.52 Å². The summed E-state index contributed by atoms with van der Waals surface area (Å²) in [6.07, 6.45) is 1.07. The van der Waals surface area contributed by atoms with Crippen LogP contribution in [0.5, 0.6) is 0 Å². The molecular formula is C22H24N4O. The van der Waals surface area contributed by atoms with Crippen molar-refractivity contribution in [3.05, 3.63) is 53.2 Å². The lowest BCUT2D eigenvalue weighted by atomic mass is 10.0. The van der Waals surface area contributed by atoms with Gasteiger partial charge in [-0.25, -0.2) is 0 Å². The minimum absolute atomic E-state index is 0.645. The molecule has 5 nitrogen and oxygen atoms in total. The van der Waals surface area contributed by atoms with Gasteiger partial charge in [0.25, 0.3) is 6.01 Å². The fourth-order valence-electron chi connectivity index (χ4n) is 4.19. The largest absolute Gasteiger partial charge is 0.423 e. The van der Waals surface area contributed by atoms with Gasteiger partial charge in [-0.15, -0.1) is 0 Å². The Bertz CT molecular complexity index is 1170. The predicted octanol–water partition coefficient (Wildman–Crippen LogP) is 4.26. The Morgan fingerprint density at radius 3 is 2.78 bits per heavy atom. The Labute approximate surface area is 158 Å². The molecule has 0 atom stereocenters. The maximum Gasteiger partial charge on any atom is 0.297 e. The summed E-state index contributed by atoms with van der Waals surface area (Å²) in [5.41, 5.74) is 8.52. The van der Waals surface area contributed by atoms with Gasteiger partial charge >= 0.3 is 0 Å². The lowest BCUT2D eigenvalue weighted by Crippen LogP contribution is -2.31. The molecule has 1 aliphatic rings. The van der Waals surface area contributed by atoms with Crippen molar-refractivity contribution in [2.45, 2.75) is 19.9 Å². The summed E-state index contributed by atoms with van der Waals surface area (Å²) >= 11 is 0. The molecule has 0 spiro atoms. The molecule has 0 bridgehead atoms. The van der Waals surface area contributed by atoms with E-state index in [2.05, 4.69) is 58.8 Å². The number of aryl methyl sites for hydroxylation is 2. The van der Waals surface area contributed by atoms with Crippen molar-refractivity contribution in [1.82, 2.24) is 9.55 Å². The molecule has 27 heavy (non-hydrogen) atoms. The first-order valence-electron chi connectivity index (χ1n) is 9.41. The smallest absolute Gasteiger partial charge is 0.297 e. The number of anilines is 2. The van der Waals surface area contributed by atoms with Gasteiger partial charge in [0.05, 0.1) is 6.54 Å². The third-order valence-electron chi connectivity index (χ3n) is 5.67. The Kier molecular flexibility index (Phi) is 3.47. The zero-order valence-corrected chi connectivity index (χ0v) is 16.3. The van der Waals surface area contributed by atoms with Crippen LogP contribution in [0.2, 0.25) is 0 Å². The summed E-state index contributed by atoms with van der Waals surface area (Å²) in [5, 5.41) is 1.41. The number of benzene rings is 2. The third-order valence-corrected chi connectivity index (χ3v) is 5.67. The summed E-state index contributed by atoms with van der Waals surface area (Å²) in [6.45, 7) is 4.11. The van der Waals surface area contributed by atoms with Crippen molar-refractivity contribution < 1.29 is 4.42 Å². The molecule has 3 heterocycles.